The number of nitrogens with zero attached hydrogens (tertiary/aromatic N) is 2. The van der Waals surface area contributed by atoms with E-state index in [0.29, 0.717) is 17.5 Å². The van der Waals surface area contributed by atoms with Gasteiger partial charge in [0.15, 0.2) is 11.5 Å². The SMILES string of the molecule is CC[C@H]1CCCCN1C(=O)c1cc(-c2ccc(C)cc2)on1. The molecule has 1 fully saturated rings. The van der Waals surface area contributed by atoms with E-state index in [2.05, 4.69) is 12.1 Å². The van der Waals surface area contributed by atoms with Crippen molar-refractivity contribution in [3.8, 4) is 11.3 Å². The molecule has 3 rings (SSSR count). The van der Waals surface area contributed by atoms with Crippen molar-refractivity contribution in [1.29, 1.82) is 0 Å². The molecule has 22 heavy (non-hydrogen) atoms. The number of aryl methyl sites for hydroxylation is 1. The fraction of sp³-hybridized carbons (Fsp3) is 0.444. The van der Waals surface area contributed by atoms with Crippen LogP contribution in [0.5, 0.6) is 0 Å². The number of piperidine rings is 1. The standard InChI is InChI=1S/C18H22N2O2/c1-3-15-6-4-5-11-20(15)18(21)16-12-17(22-19-16)14-9-7-13(2)8-10-14/h7-10,12,15H,3-6,11H2,1-2H3/t15-/m0/s1. The van der Waals surface area contributed by atoms with E-state index >= 15 is 0 Å². The van der Waals surface area contributed by atoms with Crippen LogP contribution in [0.4, 0.5) is 0 Å². The molecule has 1 amide bonds. The van der Waals surface area contributed by atoms with E-state index in [4.69, 9.17) is 4.52 Å². The Morgan fingerprint density at radius 3 is 2.82 bits per heavy atom. The molecule has 0 radical (unpaired) electrons. The van der Waals surface area contributed by atoms with Gasteiger partial charge in [0.05, 0.1) is 0 Å². The van der Waals surface area contributed by atoms with Gasteiger partial charge in [-0.05, 0) is 32.6 Å². The summed E-state index contributed by atoms with van der Waals surface area (Å²) >= 11 is 0. The van der Waals surface area contributed by atoms with Crippen molar-refractivity contribution in [1.82, 2.24) is 10.1 Å². The molecule has 4 nitrogen and oxygen atoms in total. The van der Waals surface area contributed by atoms with Crippen LogP contribution in [0, 0.1) is 6.92 Å². The van der Waals surface area contributed by atoms with Gasteiger partial charge in [-0.2, -0.15) is 0 Å². The van der Waals surface area contributed by atoms with Crippen molar-refractivity contribution in [2.24, 2.45) is 0 Å². The normalized spacial score (nSPS) is 18.5. The highest BCUT2D eigenvalue weighted by Crippen LogP contribution is 2.24. The maximum absolute atomic E-state index is 12.7. The minimum absolute atomic E-state index is 0.00587. The van der Waals surface area contributed by atoms with Gasteiger partial charge < -0.3 is 9.42 Å². The lowest BCUT2D eigenvalue weighted by Crippen LogP contribution is -2.43. The Kier molecular flexibility index (Phi) is 4.27. The van der Waals surface area contributed by atoms with Crippen LogP contribution in [-0.4, -0.2) is 28.6 Å². The minimum Gasteiger partial charge on any atom is -0.355 e. The van der Waals surface area contributed by atoms with Gasteiger partial charge in [0.25, 0.3) is 5.91 Å². The van der Waals surface area contributed by atoms with E-state index in [1.807, 2.05) is 36.1 Å². The first kappa shape index (κ1) is 14.8. The van der Waals surface area contributed by atoms with E-state index in [9.17, 15) is 4.79 Å². The number of likely N-dealkylation sites (tertiary alicyclic amines) is 1. The van der Waals surface area contributed by atoms with Crippen molar-refractivity contribution in [3.05, 3.63) is 41.6 Å². The van der Waals surface area contributed by atoms with Gasteiger partial charge in [-0.25, -0.2) is 0 Å². The molecule has 1 aliphatic heterocycles. The third kappa shape index (κ3) is 2.91. The smallest absolute Gasteiger partial charge is 0.276 e. The molecular weight excluding hydrogens is 276 g/mol. The highest BCUT2D eigenvalue weighted by Gasteiger charge is 2.28. The molecule has 0 saturated carbocycles. The maximum atomic E-state index is 12.7. The van der Waals surface area contributed by atoms with Crippen LogP contribution in [0.15, 0.2) is 34.9 Å². The van der Waals surface area contributed by atoms with Crippen molar-refractivity contribution in [2.75, 3.05) is 6.54 Å². The average molecular weight is 298 g/mol. The summed E-state index contributed by atoms with van der Waals surface area (Å²) in [5.41, 5.74) is 2.55. The van der Waals surface area contributed by atoms with Gasteiger partial charge in [0.1, 0.15) is 0 Å². The van der Waals surface area contributed by atoms with Crippen molar-refractivity contribution in [2.45, 2.75) is 45.6 Å². The zero-order chi connectivity index (χ0) is 15.5. The van der Waals surface area contributed by atoms with Crippen LogP contribution in [0.2, 0.25) is 0 Å². The molecule has 0 bridgehead atoms. The lowest BCUT2D eigenvalue weighted by molar-refractivity contribution is 0.0597. The Hall–Kier alpha value is -2.10. The summed E-state index contributed by atoms with van der Waals surface area (Å²) in [4.78, 5) is 14.6. The number of hydrogen-bond donors (Lipinski definition) is 0. The molecular formula is C18H22N2O2. The van der Waals surface area contributed by atoms with Gasteiger partial charge in [0.2, 0.25) is 0 Å². The molecule has 1 saturated heterocycles. The Balaban J connectivity index is 1.80. The number of carbonyl (C=O) groups is 1. The quantitative estimate of drug-likeness (QED) is 0.858. The van der Waals surface area contributed by atoms with E-state index < -0.39 is 0 Å². The third-order valence-electron chi connectivity index (χ3n) is 4.42. The van der Waals surface area contributed by atoms with E-state index in [0.717, 1.165) is 31.4 Å². The number of benzene rings is 1. The lowest BCUT2D eigenvalue weighted by atomic mass is 9.99. The summed E-state index contributed by atoms with van der Waals surface area (Å²) in [5, 5.41) is 3.99. The molecule has 116 valence electrons. The predicted molar refractivity (Wildman–Crippen MR) is 85.6 cm³/mol. The highest BCUT2D eigenvalue weighted by molar-refractivity contribution is 5.93. The monoisotopic (exact) mass is 298 g/mol. The molecule has 0 unspecified atom stereocenters. The van der Waals surface area contributed by atoms with Gasteiger partial charge in [0, 0.05) is 24.2 Å². The molecule has 0 spiro atoms. The van der Waals surface area contributed by atoms with Crippen molar-refractivity contribution < 1.29 is 9.32 Å². The van der Waals surface area contributed by atoms with Gasteiger partial charge in [-0.15, -0.1) is 0 Å². The molecule has 1 atom stereocenters. The summed E-state index contributed by atoms with van der Waals surface area (Å²) in [5.74, 6) is 0.641. The first-order valence-electron chi connectivity index (χ1n) is 8.03. The highest BCUT2D eigenvalue weighted by atomic mass is 16.5. The summed E-state index contributed by atoms with van der Waals surface area (Å²) in [6, 6.07) is 10.1. The van der Waals surface area contributed by atoms with Crippen molar-refractivity contribution >= 4 is 5.91 Å². The first-order chi connectivity index (χ1) is 10.7. The van der Waals surface area contributed by atoms with Crippen LogP contribution >= 0.6 is 0 Å². The summed E-state index contributed by atoms with van der Waals surface area (Å²) in [6.45, 7) is 5.00. The number of rotatable bonds is 3. The fourth-order valence-electron chi connectivity index (χ4n) is 3.07. The van der Waals surface area contributed by atoms with Gasteiger partial charge in [-0.1, -0.05) is 41.9 Å². The molecule has 1 aliphatic rings. The second-order valence-corrected chi connectivity index (χ2v) is 6.00. The van der Waals surface area contributed by atoms with Crippen LogP contribution in [0.3, 0.4) is 0 Å². The van der Waals surface area contributed by atoms with E-state index in [1.54, 1.807) is 6.07 Å². The van der Waals surface area contributed by atoms with Crippen LogP contribution in [0.1, 0.15) is 48.7 Å². The summed E-state index contributed by atoms with van der Waals surface area (Å²) in [6.07, 6.45) is 4.36. The molecule has 2 aromatic rings. The third-order valence-corrected chi connectivity index (χ3v) is 4.42. The first-order valence-corrected chi connectivity index (χ1v) is 8.03. The largest absolute Gasteiger partial charge is 0.355 e. The number of carbonyl (C=O) groups excluding carboxylic acids is 1. The van der Waals surface area contributed by atoms with Gasteiger partial charge in [-0.3, -0.25) is 4.79 Å². The Labute approximate surface area is 131 Å². The molecule has 4 heteroatoms. The second kappa shape index (κ2) is 6.34. The second-order valence-electron chi connectivity index (χ2n) is 6.00. The Morgan fingerprint density at radius 2 is 2.09 bits per heavy atom. The van der Waals surface area contributed by atoms with Crippen LogP contribution in [0.25, 0.3) is 11.3 Å². The fourth-order valence-corrected chi connectivity index (χ4v) is 3.07. The van der Waals surface area contributed by atoms with E-state index in [-0.39, 0.29) is 5.91 Å². The maximum Gasteiger partial charge on any atom is 0.276 e. The van der Waals surface area contributed by atoms with Crippen LogP contribution in [-0.2, 0) is 0 Å². The molecule has 1 aromatic carbocycles. The molecule has 0 N–H and O–H groups in total. The van der Waals surface area contributed by atoms with Crippen molar-refractivity contribution in [3.63, 3.8) is 0 Å². The van der Waals surface area contributed by atoms with Gasteiger partial charge >= 0.3 is 0 Å². The van der Waals surface area contributed by atoms with E-state index in [1.165, 1.54) is 12.0 Å². The Bertz CT molecular complexity index is 645. The number of amides is 1. The topological polar surface area (TPSA) is 46.3 Å². The summed E-state index contributed by atoms with van der Waals surface area (Å²) < 4.78 is 5.37. The summed E-state index contributed by atoms with van der Waals surface area (Å²) in [7, 11) is 0. The number of aromatic nitrogens is 1. The predicted octanol–water partition coefficient (Wildman–Crippen LogP) is 4.05. The molecule has 1 aromatic heterocycles. The average Bonchev–Trinajstić information content (AvgIpc) is 3.05. The lowest BCUT2D eigenvalue weighted by Gasteiger charge is -2.34. The van der Waals surface area contributed by atoms with Crippen LogP contribution < -0.4 is 0 Å². The number of hydrogen-bond acceptors (Lipinski definition) is 3. The zero-order valence-corrected chi connectivity index (χ0v) is 13.2. The minimum atomic E-state index is -0.00587. The zero-order valence-electron chi connectivity index (χ0n) is 13.2. The molecule has 0 aliphatic carbocycles. The molecule has 2 heterocycles. The Morgan fingerprint density at radius 1 is 1.32 bits per heavy atom.